The Kier molecular flexibility index (Phi) is 5.93. The van der Waals surface area contributed by atoms with Crippen molar-refractivity contribution < 1.29 is 4.79 Å². The summed E-state index contributed by atoms with van der Waals surface area (Å²) in [5.74, 6) is -0.0323. The van der Waals surface area contributed by atoms with Crippen molar-refractivity contribution in [3.05, 3.63) is 30.1 Å². The van der Waals surface area contributed by atoms with Crippen LogP contribution in [0.1, 0.15) is 45.1 Å². The van der Waals surface area contributed by atoms with Crippen LogP contribution in [0.25, 0.3) is 0 Å². The van der Waals surface area contributed by atoms with Crippen LogP contribution < -0.4 is 5.43 Å². The number of hydrogen-bond donors (Lipinski definition) is 1. The Hall–Kier alpha value is -1.71. The van der Waals surface area contributed by atoms with Gasteiger partial charge in [0.25, 0.3) is 0 Å². The third-order valence-corrected chi connectivity index (χ3v) is 2.29. The van der Waals surface area contributed by atoms with E-state index in [0.29, 0.717) is 6.42 Å². The lowest BCUT2D eigenvalue weighted by atomic mass is 10.1. The van der Waals surface area contributed by atoms with Crippen LogP contribution in [0.3, 0.4) is 0 Å². The van der Waals surface area contributed by atoms with Crippen molar-refractivity contribution in [1.29, 1.82) is 0 Å². The number of pyridine rings is 1. The molecule has 1 rings (SSSR count). The molecule has 0 atom stereocenters. The van der Waals surface area contributed by atoms with Crippen LogP contribution in [0.15, 0.2) is 29.6 Å². The minimum absolute atomic E-state index is 0.0323. The van der Waals surface area contributed by atoms with E-state index in [-0.39, 0.29) is 5.91 Å². The summed E-state index contributed by atoms with van der Waals surface area (Å²) < 4.78 is 0. The Morgan fingerprint density at radius 1 is 1.24 bits per heavy atom. The van der Waals surface area contributed by atoms with Gasteiger partial charge in [0.2, 0.25) is 5.91 Å². The summed E-state index contributed by atoms with van der Waals surface area (Å²) in [6.45, 7) is 4.06. The van der Waals surface area contributed by atoms with E-state index in [0.717, 1.165) is 30.5 Å². The highest BCUT2D eigenvalue weighted by molar-refractivity contribution is 6.00. The summed E-state index contributed by atoms with van der Waals surface area (Å²) in [5, 5.41) is 4.19. The summed E-state index contributed by atoms with van der Waals surface area (Å²) in [7, 11) is 0. The minimum Gasteiger partial charge on any atom is -0.273 e. The average Bonchev–Trinajstić information content (AvgIpc) is 2.36. The van der Waals surface area contributed by atoms with E-state index >= 15 is 0 Å². The maximum absolute atomic E-state index is 11.4. The zero-order chi connectivity index (χ0) is 12.5. The predicted molar refractivity (Wildman–Crippen MR) is 68.7 cm³/mol. The standard InChI is InChI=1S/C13H19N3O/c1-3-5-12(11-7-9-14-10-8-11)15-16-13(17)6-4-2/h7-10H,3-6H2,1-2H3,(H,16,17). The molecule has 0 unspecified atom stereocenters. The van der Waals surface area contributed by atoms with Gasteiger partial charge in [0.1, 0.15) is 0 Å². The van der Waals surface area contributed by atoms with E-state index in [4.69, 9.17) is 0 Å². The van der Waals surface area contributed by atoms with Crippen LogP contribution in [0.5, 0.6) is 0 Å². The van der Waals surface area contributed by atoms with Crippen molar-refractivity contribution in [1.82, 2.24) is 10.4 Å². The maximum Gasteiger partial charge on any atom is 0.240 e. The molecule has 1 heterocycles. The number of amides is 1. The van der Waals surface area contributed by atoms with Gasteiger partial charge in [0.15, 0.2) is 0 Å². The number of hydrogen-bond acceptors (Lipinski definition) is 3. The van der Waals surface area contributed by atoms with Crippen LogP contribution in [0.4, 0.5) is 0 Å². The smallest absolute Gasteiger partial charge is 0.240 e. The lowest BCUT2D eigenvalue weighted by Gasteiger charge is -2.05. The van der Waals surface area contributed by atoms with Crippen molar-refractivity contribution in [3.8, 4) is 0 Å². The first kappa shape index (κ1) is 13.4. The van der Waals surface area contributed by atoms with Gasteiger partial charge in [-0.05, 0) is 25.0 Å². The summed E-state index contributed by atoms with van der Waals surface area (Å²) in [6, 6.07) is 3.81. The van der Waals surface area contributed by atoms with Gasteiger partial charge < -0.3 is 0 Å². The Bertz CT molecular complexity index is 374. The zero-order valence-electron chi connectivity index (χ0n) is 10.4. The highest BCUT2D eigenvalue weighted by Gasteiger charge is 2.03. The number of aromatic nitrogens is 1. The van der Waals surface area contributed by atoms with Crippen molar-refractivity contribution >= 4 is 11.6 Å². The third kappa shape index (κ3) is 4.76. The van der Waals surface area contributed by atoms with Crippen molar-refractivity contribution in [2.24, 2.45) is 5.10 Å². The summed E-state index contributed by atoms with van der Waals surface area (Å²) in [5.41, 5.74) is 4.51. The monoisotopic (exact) mass is 233 g/mol. The fourth-order valence-electron chi connectivity index (χ4n) is 1.46. The number of carbonyl (C=O) groups is 1. The number of hydrazone groups is 1. The largest absolute Gasteiger partial charge is 0.273 e. The highest BCUT2D eigenvalue weighted by Crippen LogP contribution is 2.05. The molecule has 0 aliphatic rings. The lowest BCUT2D eigenvalue weighted by molar-refractivity contribution is -0.121. The van der Waals surface area contributed by atoms with E-state index in [2.05, 4.69) is 22.4 Å². The molecule has 0 aromatic carbocycles. The molecule has 1 N–H and O–H groups in total. The molecule has 0 saturated heterocycles. The Morgan fingerprint density at radius 3 is 2.47 bits per heavy atom. The first-order valence-corrected chi connectivity index (χ1v) is 6.03. The summed E-state index contributed by atoms with van der Waals surface area (Å²) >= 11 is 0. The molecule has 0 bridgehead atoms. The van der Waals surface area contributed by atoms with E-state index in [1.165, 1.54) is 0 Å². The Labute approximate surface area is 102 Å². The normalized spacial score (nSPS) is 11.3. The van der Waals surface area contributed by atoms with Gasteiger partial charge in [-0.2, -0.15) is 5.10 Å². The van der Waals surface area contributed by atoms with E-state index < -0.39 is 0 Å². The maximum atomic E-state index is 11.4. The number of rotatable bonds is 6. The molecule has 4 nitrogen and oxygen atoms in total. The second-order valence-electron chi connectivity index (χ2n) is 3.83. The molecule has 1 amide bonds. The van der Waals surface area contributed by atoms with Crippen molar-refractivity contribution in [2.45, 2.75) is 39.5 Å². The summed E-state index contributed by atoms with van der Waals surface area (Å²) in [4.78, 5) is 15.3. The number of carbonyl (C=O) groups excluding carboxylic acids is 1. The van der Waals surface area contributed by atoms with Gasteiger partial charge in [-0.1, -0.05) is 20.3 Å². The van der Waals surface area contributed by atoms with Crippen LogP contribution in [-0.2, 0) is 4.79 Å². The molecule has 0 radical (unpaired) electrons. The Balaban J connectivity index is 2.72. The molecule has 1 aromatic heterocycles. The zero-order valence-corrected chi connectivity index (χ0v) is 10.4. The number of nitrogens with zero attached hydrogens (tertiary/aromatic N) is 2. The van der Waals surface area contributed by atoms with E-state index in [9.17, 15) is 4.79 Å². The van der Waals surface area contributed by atoms with Gasteiger partial charge >= 0.3 is 0 Å². The molecule has 1 aromatic rings. The first-order chi connectivity index (χ1) is 8.27. The van der Waals surface area contributed by atoms with E-state index in [1.54, 1.807) is 12.4 Å². The molecule has 92 valence electrons. The molecule has 4 heteroatoms. The van der Waals surface area contributed by atoms with Gasteiger partial charge in [0.05, 0.1) is 5.71 Å². The topological polar surface area (TPSA) is 54.4 Å². The van der Waals surface area contributed by atoms with E-state index in [1.807, 2.05) is 19.1 Å². The first-order valence-electron chi connectivity index (χ1n) is 6.03. The second kappa shape index (κ2) is 7.54. The molecule has 0 aliphatic carbocycles. The average molecular weight is 233 g/mol. The molecular weight excluding hydrogens is 214 g/mol. The van der Waals surface area contributed by atoms with Gasteiger partial charge in [-0.15, -0.1) is 0 Å². The number of nitrogens with one attached hydrogen (secondary N) is 1. The summed E-state index contributed by atoms with van der Waals surface area (Å²) in [6.07, 6.45) is 6.64. The van der Waals surface area contributed by atoms with Gasteiger partial charge in [0, 0.05) is 24.4 Å². The second-order valence-corrected chi connectivity index (χ2v) is 3.83. The fraction of sp³-hybridized carbons (Fsp3) is 0.462. The van der Waals surface area contributed by atoms with Crippen LogP contribution in [0, 0.1) is 0 Å². The van der Waals surface area contributed by atoms with Gasteiger partial charge in [-0.3, -0.25) is 9.78 Å². The van der Waals surface area contributed by atoms with Crippen LogP contribution >= 0.6 is 0 Å². The third-order valence-electron chi connectivity index (χ3n) is 2.29. The molecule has 0 saturated carbocycles. The highest BCUT2D eigenvalue weighted by atomic mass is 16.2. The fourth-order valence-corrected chi connectivity index (χ4v) is 1.46. The molecular formula is C13H19N3O. The molecule has 0 fully saturated rings. The minimum atomic E-state index is -0.0323. The lowest BCUT2D eigenvalue weighted by Crippen LogP contribution is -2.19. The predicted octanol–water partition coefficient (Wildman–Crippen LogP) is 2.50. The molecule has 0 spiro atoms. The Morgan fingerprint density at radius 2 is 1.88 bits per heavy atom. The van der Waals surface area contributed by atoms with Crippen molar-refractivity contribution in [3.63, 3.8) is 0 Å². The molecule has 0 aliphatic heterocycles. The van der Waals surface area contributed by atoms with Crippen LogP contribution in [-0.4, -0.2) is 16.6 Å². The van der Waals surface area contributed by atoms with Gasteiger partial charge in [-0.25, -0.2) is 5.43 Å². The van der Waals surface area contributed by atoms with Crippen molar-refractivity contribution in [2.75, 3.05) is 0 Å². The quantitative estimate of drug-likeness (QED) is 0.606. The van der Waals surface area contributed by atoms with Crippen LogP contribution in [0.2, 0.25) is 0 Å². The SMILES string of the molecule is CCCC(=O)NN=C(CCC)c1ccncc1. The molecule has 17 heavy (non-hydrogen) atoms.